The molecule has 0 aromatic heterocycles. The van der Waals surface area contributed by atoms with Gasteiger partial charge in [-0.2, -0.15) is 5.26 Å². The molecule has 96 valence electrons. The fraction of sp³-hybridized carbons (Fsp3) is 0.692. The molecule has 0 aromatic rings. The van der Waals surface area contributed by atoms with Crippen molar-refractivity contribution in [2.24, 2.45) is 5.41 Å². The van der Waals surface area contributed by atoms with E-state index in [1.54, 1.807) is 0 Å². The maximum absolute atomic E-state index is 11.8. The van der Waals surface area contributed by atoms with E-state index in [0.29, 0.717) is 32.6 Å². The zero-order valence-corrected chi connectivity index (χ0v) is 11.0. The Balaban J connectivity index is 4.01. The largest absolute Gasteiger partial charge is 0.375 e. The van der Waals surface area contributed by atoms with Crippen molar-refractivity contribution in [1.82, 2.24) is 5.32 Å². The Kier molecular flexibility index (Phi) is 7.24. The van der Waals surface area contributed by atoms with Crippen LogP contribution in [0.5, 0.6) is 0 Å². The van der Waals surface area contributed by atoms with E-state index < -0.39 is 5.41 Å². The number of carbonyl (C=O) groups is 1. The number of hydrogen-bond donors (Lipinski definition) is 1. The van der Waals surface area contributed by atoms with Gasteiger partial charge in [-0.1, -0.05) is 26.0 Å². The first kappa shape index (κ1) is 15.7. The molecule has 17 heavy (non-hydrogen) atoms. The summed E-state index contributed by atoms with van der Waals surface area (Å²) in [5.74, 6) is -0.205. The van der Waals surface area contributed by atoms with Crippen LogP contribution in [0.25, 0.3) is 0 Å². The van der Waals surface area contributed by atoms with Gasteiger partial charge in [-0.05, 0) is 19.8 Å². The van der Waals surface area contributed by atoms with E-state index in [1.165, 1.54) is 0 Å². The Morgan fingerprint density at radius 3 is 2.47 bits per heavy atom. The maximum atomic E-state index is 11.8. The van der Waals surface area contributed by atoms with Gasteiger partial charge >= 0.3 is 0 Å². The number of amides is 1. The molecule has 0 atom stereocenters. The first-order chi connectivity index (χ1) is 8.02. The Morgan fingerprint density at radius 1 is 1.47 bits per heavy atom. The Bertz CT molecular complexity index is 301. The average molecular weight is 238 g/mol. The molecule has 0 saturated carbocycles. The highest BCUT2D eigenvalue weighted by atomic mass is 16.5. The number of carbonyl (C=O) groups excluding carboxylic acids is 1. The van der Waals surface area contributed by atoms with E-state index >= 15 is 0 Å². The van der Waals surface area contributed by atoms with Crippen LogP contribution < -0.4 is 5.32 Å². The van der Waals surface area contributed by atoms with Crippen LogP contribution in [-0.2, 0) is 9.53 Å². The average Bonchev–Trinajstić information content (AvgIpc) is 2.31. The van der Waals surface area contributed by atoms with E-state index in [-0.39, 0.29) is 5.91 Å². The summed E-state index contributed by atoms with van der Waals surface area (Å²) in [4.78, 5) is 11.8. The summed E-state index contributed by atoms with van der Waals surface area (Å²) in [6.07, 6.45) is 1.05. The first-order valence-corrected chi connectivity index (χ1v) is 5.94. The molecule has 0 aliphatic rings. The summed E-state index contributed by atoms with van der Waals surface area (Å²) in [6.45, 7) is 10.7. The van der Waals surface area contributed by atoms with Crippen molar-refractivity contribution >= 4 is 5.91 Å². The van der Waals surface area contributed by atoms with Crippen molar-refractivity contribution in [3.63, 3.8) is 0 Å². The van der Waals surface area contributed by atoms with E-state index in [4.69, 9.17) is 10.00 Å². The lowest BCUT2D eigenvalue weighted by molar-refractivity contribution is -0.128. The molecule has 4 heteroatoms. The fourth-order valence-electron chi connectivity index (χ4n) is 1.43. The molecule has 1 amide bonds. The predicted molar refractivity (Wildman–Crippen MR) is 67.3 cm³/mol. The van der Waals surface area contributed by atoms with Crippen LogP contribution in [0.15, 0.2) is 12.2 Å². The normalized spacial score (nSPS) is 10.7. The van der Waals surface area contributed by atoms with Crippen LogP contribution in [0.1, 0.15) is 33.6 Å². The van der Waals surface area contributed by atoms with Crippen molar-refractivity contribution in [1.29, 1.82) is 5.26 Å². The van der Waals surface area contributed by atoms with Gasteiger partial charge in [-0.3, -0.25) is 4.79 Å². The molecule has 0 spiro atoms. The van der Waals surface area contributed by atoms with Crippen LogP contribution in [0, 0.1) is 16.7 Å². The van der Waals surface area contributed by atoms with Gasteiger partial charge in [0.15, 0.2) is 0 Å². The highest BCUT2D eigenvalue weighted by molar-refractivity contribution is 5.85. The SMILES string of the molecule is C=C(C)COCCNC(=O)C(C#N)(CC)CC. The van der Waals surface area contributed by atoms with Crippen molar-refractivity contribution in [2.75, 3.05) is 19.8 Å². The minimum atomic E-state index is -0.894. The summed E-state index contributed by atoms with van der Waals surface area (Å²) in [5, 5.41) is 11.8. The van der Waals surface area contributed by atoms with Crippen LogP contribution in [0.4, 0.5) is 0 Å². The molecule has 0 unspecified atom stereocenters. The Morgan fingerprint density at radius 2 is 2.06 bits per heavy atom. The van der Waals surface area contributed by atoms with E-state index in [1.807, 2.05) is 20.8 Å². The quantitative estimate of drug-likeness (QED) is 0.520. The third-order valence-electron chi connectivity index (χ3n) is 2.74. The zero-order valence-electron chi connectivity index (χ0n) is 11.0. The second-order valence-corrected chi connectivity index (χ2v) is 4.17. The maximum Gasteiger partial charge on any atom is 0.240 e. The number of nitrogens with one attached hydrogen (secondary N) is 1. The smallest absolute Gasteiger partial charge is 0.240 e. The van der Waals surface area contributed by atoms with Gasteiger partial charge in [0.2, 0.25) is 5.91 Å². The Labute approximate surface area is 104 Å². The summed E-state index contributed by atoms with van der Waals surface area (Å²) >= 11 is 0. The number of rotatable bonds is 8. The van der Waals surface area contributed by atoms with Gasteiger partial charge in [-0.15, -0.1) is 0 Å². The molecule has 0 saturated heterocycles. The van der Waals surface area contributed by atoms with Crippen LogP contribution >= 0.6 is 0 Å². The van der Waals surface area contributed by atoms with Gasteiger partial charge < -0.3 is 10.1 Å². The molecule has 0 aliphatic heterocycles. The monoisotopic (exact) mass is 238 g/mol. The molecule has 4 nitrogen and oxygen atoms in total. The minimum Gasteiger partial charge on any atom is -0.375 e. The number of nitriles is 1. The highest BCUT2D eigenvalue weighted by Gasteiger charge is 2.34. The first-order valence-electron chi connectivity index (χ1n) is 5.94. The second-order valence-electron chi connectivity index (χ2n) is 4.17. The van der Waals surface area contributed by atoms with Gasteiger partial charge in [0.25, 0.3) is 0 Å². The zero-order chi connectivity index (χ0) is 13.3. The molecule has 0 fully saturated rings. The predicted octanol–water partition coefficient (Wildman–Crippen LogP) is 2.03. The molecular weight excluding hydrogens is 216 g/mol. The number of ether oxygens (including phenoxy) is 1. The van der Waals surface area contributed by atoms with E-state index in [2.05, 4.69) is 18.0 Å². The van der Waals surface area contributed by atoms with Crippen molar-refractivity contribution in [3.8, 4) is 6.07 Å². The number of hydrogen-bond acceptors (Lipinski definition) is 3. The second kappa shape index (κ2) is 7.86. The molecule has 0 rings (SSSR count). The third kappa shape index (κ3) is 5.01. The van der Waals surface area contributed by atoms with Crippen molar-refractivity contribution < 1.29 is 9.53 Å². The lowest BCUT2D eigenvalue weighted by Gasteiger charge is -2.22. The fourth-order valence-corrected chi connectivity index (χ4v) is 1.43. The van der Waals surface area contributed by atoms with Gasteiger partial charge in [0, 0.05) is 6.54 Å². The third-order valence-corrected chi connectivity index (χ3v) is 2.74. The molecule has 0 heterocycles. The van der Waals surface area contributed by atoms with Crippen LogP contribution in [-0.4, -0.2) is 25.7 Å². The van der Waals surface area contributed by atoms with Crippen molar-refractivity contribution in [3.05, 3.63) is 12.2 Å². The highest BCUT2D eigenvalue weighted by Crippen LogP contribution is 2.25. The molecule has 1 N–H and O–H groups in total. The molecule has 0 aliphatic carbocycles. The minimum absolute atomic E-state index is 0.205. The topological polar surface area (TPSA) is 62.1 Å². The van der Waals surface area contributed by atoms with Crippen molar-refractivity contribution in [2.45, 2.75) is 33.6 Å². The molecule has 0 aromatic carbocycles. The van der Waals surface area contributed by atoms with Crippen LogP contribution in [0.3, 0.4) is 0 Å². The molecule has 0 radical (unpaired) electrons. The molecule has 0 bridgehead atoms. The summed E-state index contributed by atoms with van der Waals surface area (Å²) in [7, 11) is 0. The van der Waals surface area contributed by atoms with E-state index in [9.17, 15) is 4.79 Å². The molecular formula is C13H22N2O2. The van der Waals surface area contributed by atoms with E-state index in [0.717, 1.165) is 5.57 Å². The van der Waals surface area contributed by atoms with Gasteiger partial charge in [0.1, 0.15) is 5.41 Å². The summed E-state index contributed by atoms with van der Waals surface area (Å²) < 4.78 is 5.26. The number of nitrogens with zero attached hydrogens (tertiary/aromatic N) is 1. The lowest BCUT2D eigenvalue weighted by Crippen LogP contribution is -2.40. The summed E-state index contributed by atoms with van der Waals surface area (Å²) in [5.41, 5.74) is 0.0544. The Hall–Kier alpha value is -1.34. The summed E-state index contributed by atoms with van der Waals surface area (Å²) in [6, 6.07) is 2.11. The lowest BCUT2D eigenvalue weighted by atomic mass is 9.83. The van der Waals surface area contributed by atoms with Gasteiger partial charge in [-0.25, -0.2) is 0 Å². The van der Waals surface area contributed by atoms with Crippen LogP contribution in [0.2, 0.25) is 0 Å². The van der Waals surface area contributed by atoms with Gasteiger partial charge in [0.05, 0.1) is 19.3 Å². The standard InChI is InChI=1S/C13H22N2O2/c1-5-13(6-2,10-14)12(16)15-7-8-17-9-11(3)4/h3,5-9H2,1-2,4H3,(H,15,16).